The molecule has 0 amide bonds. The fourth-order valence-corrected chi connectivity index (χ4v) is 3.80. The molecule has 1 aromatic carbocycles. The van der Waals surface area contributed by atoms with Crippen LogP contribution in [0.4, 0.5) is 5.69 Å². The van der Waals surface area contributed by atoms with Gasteiger partial charge in [0.1, 0.15) is 0 Å². The molecular formula is C17H15N3O5S2. The minimum Gasteiger partial charge on any atom is -0.452 e. The number of hydrogen-bond donors (Lipinski definition) is 0. The highest BCUT2D eigenvalue weighted by Gasteiger charge is 2.19. The number of ether oxygens (including phenoxy) is 1. The lowest BCUT2D eigenvalue weighted by Crippen LogP contribution is -2.11. The Labute approximate surface area is 162 Å². The average molecular weight is 405 g/mol. The van der Waals surface area contributed by atoms with Crippen LogP contribution in [-0.4, -0.2) is 26.8 Å². The van der Waals surface area contributed by atoms with Gasteiger partial charge in [0.25, 0.3) is 11.6 Å². The average Bonchev–Trinajstić information content (AvgIpc) is 3.34. The number of carbonyl (C=O) groups excluding carboxylic acids is 1. The molecule has 0 aliphatic heterocycles. The van der Waals surface area contributed by atoms with E-state index in [-0.39, 0.29) is 29.2 Å². The number of rotatable bonds is 8. The predicted molar refractivity (Wildman–Crippen MR) is 101 cm³/mol. The lowest BCUT2D eigenvalue weighted by molar-refractivity contribution is -0.384. The summed E-state index contributed by atoms with van der Waals surface area (Å²) in [6.07, 6.45) is -0.681. The van der Waals surface area contributed by atoms with Crippen molar-refractivity contribution in [2.24, 2.45) is 0 Å². The number of benzene rings is 1. The van der Waals surface area contributed by atoms with Crippen LogP contribution in [0.25, 0.3) is 11.5 Å². The summed E-state index contributed by atoms with van der Waals surface area (Å²) in [5.41, 5.74) is 0.519. The first-order valence-electron chi connectivity index (χ1n) is 7.91. The van der Waals surface area contributed by atoms with Crippen LogP contribution in [0.3, 0.4) is 0 Å². The Morgan fingerprint density at radius 2 is 2.11 bits per heavy atom. The third kappa shape index (κ3) is 5.14. The van der Waals surface area contributed by atoms with E-state index in [1.807, 2.05) is 17.5 Å². The van der Waals surface area contributed by atoms with Crippen LogP contribution in [0.15, 0.2) is 46.2 Å². The van der Waals surface area contributed by atoms with Gasteiger partial charge in [-0.3, -0.25) is 14.9 Å². The normalized spacial score (nSPS) is 11.9. The molecule has 0 aliphatic rings. The van der Waals surface area contributed by atoms with E-state index in [4.69, 9.17) is 9.15 Å². The largest absolute Gasteiger partial charge is 0.452 e. The van der Waals surface area contributed by atoms with Crippen LogP contribution in [0.5, 0.6) is 0 Å². The third-order valence-corrected chi connectivity index (χ3v) is 5.48. The van der Waals surface area contributed by atoms with Gasteiger partial charge in [0.05, 0.1) is 10.7 Å². The molecule has 0 unspecified atom stereocenters. The van der Waals surface area contributed by atoms with E-state index in [0.29, 0.717) is 5.56 Å². The first kappa shape index (κ1) is 19.1. The molecule has 0 saturated carbocycles. The Morgan fingerprint density at radius 1 is 1.33 bits per heavy atom. The van der Waals surface area contributed by atoms with Crippen molar-refractivity contribution in [1.29, 1.82) is 0 Å². The molecule has 0 bridgehead atoms. The van der Waals surface area contributed by atoms with Crippen LogP contribution in [0.2, 0.25) is 0 Å². The molecule has 0 radical (unpaired) electrons. The van der Waals surface area contributed by atoms with Crippen molar-refractivity contribution in [2.45, 2.75) is 18.8 Å². The first-order chi connectivity index (χ1) is 13.0. The summed E-state index contributed by atoms with van der Waals surface area (Å²) in [4.78, 5) is 23.3. The van der Waals surface area contributed by atoms with E-state index in [9.17, 15) is 14.9 Å². The van der Waals surface area contributed by atoms with E-state index < -0.39 is 11.0 Å². The molecule has 2 aromatic heterocycles. The number of hydrogen-bond acceptors (Lipinski definition) is 9. The second-order valence-corrected chi connectivity index (χ2v) is 7.47. The molecule has 10 heteroatoms. The molecule has 140 valence electrons. The molecule has 1 atom stereocenters. The van der Waals surface area contributed by atoms with Crippen molar-refractivity contribution in [3.63, 3.8) is 0 Å². The molecule has 8 nitrogen and oxygen atoms in total. The Kier molecular flexibility index (Phi) is 6.20. The second-order valence-electron chi connectivity index (χ2n) is 5.45. The molecule has 2 heterocycles. The summed E-state index contributed by atoms with van der Waals surface area (Å²) in [6, 6.07) is 9.74. The maximum absolute atomic E-state index is 11.9. The van der Waals surface area contributed by atoms with Gasteiger partial charge in [-0.15, -0.1) is 33.3 Å². The number of thioether (sulfide) groups is 1. The smallest absolute Gasteiger partial charge is 0.316 e. The highest BCUT2D eigenvalue weighted by molar-refractivity contribution is 7.99. The minimum atomic E-state index is -0.681. The van der Waals surface area contributed by atoms with Crippen LogP contribution in [0.1, 0.15) is 23.8 Å². The zero-order chi connectivity index (χ0) is 19.2. The van der Waals surface area contributed by atoms with Gasteiger partial charge in [-0.25, -0.2) is 0 Å². The van der Waals surface area contributed by atoms with E-state index in [2.05, 4.69) is 10.2 Å². The Balaban J connectivity index is 1.53. The lowest BCUT2D eigenvalue weighted by Gasteiger charge is -2.08. The minimum absolute atomic E-state index is 0.0270. The Hall–Kier alpha value is -2.72. The SMILES string of the molecule is C[C@@H](OC(=O)CSCc1cccs1)c1nnc(-c2ccc([N+](=O)[O-])cc2)o1. The van der Waals surface area contributed by atoms with Gasteiger partial charge in [0.15, 0.2) is 6.10 Å². The quantitative estimate of drug-likeness (QED) is 0.311. The molecular weight excluding hydrogens is 390 g/mol. The van der Waals surface area contributed by atoms with Gasteiger partial charge in [-0.05, 0) is 30.5 Å². The number of carbonyl (C=O) groups is 1. The number of non-ortho nitro benzene ring substituents is 1. The second kappa shape index (κ2) is 8.78. The maximum Gasteiger partial charge on any atom is 0.316 e. The number of nitro benzene ring substituents is 1. The van der Waals surface area contributed by atoms with Crippen LogP contribution in [-0.2, 0) is 15.3 Å². The Bertz CT molecular complexity index is 909. The molecule has 0 aliphatic carbocycles. The zero-order valence-electron chi connectivity index (χ0n) is 14.2. The molecule has 3 rings (SSSR count). The summed E-state index contributed by atoms with van der Waals surface area (Å²) in [6.45, 7) is 1.65. The highest BCUT2D eigenvalue weighted by atomic mass is 32.2. The van der Waals surface area contributed by atoms with Gasteiger partial charge >= 0.3 is 5.97 Å². The molecule has 27 heavy (non-hydrogen) atoms. The van der Waals surface area contributed by atoms with E-state index >= 15 is 0 Å². The summed E-state index contributed by atoms with van der Waals surface area (Å²) in [5.74, 6) is 0.992. The molecule has 0 fully saturated rings. The maximum atomic E-state index is 11.9. The number of thiophene rings is 1. The summed E-state index contributed by atoms with van der Waals surface area (Å²) in [5, 5.41) is 20.5. The fraction of sp³-hybridized carbons (Fsp3) is 0.235. The third-order valence-electron chi connectivity index (χ3n) is 3.47. The lowest BCUT2D eigenvalue weighted by atomic mass is 10.2. The Morgan fingerprint density at radius 3 is 2.78 bits per heavy atom. The molecule has 0 N–H and O–H groups in total. The van der Waals surface area contributed by atoms with Gasteiger partial charge < -0.3 is 9.15 Å². The van der Waals surface area contributed by atoms with Crippen molar-refractivity contribution in [2.75, 3.05) is 5.75 Å². The van der Waals surface area contributed by atoms with E-state index in [1.54, 1.807) is 18.3 Å². The van der Waals surface area contributed by atoms with Gasteiger partial charge in [0.2, 0.25) is 5.89 Å². The first-order valence-corrected chi connectivity index (χ1v) is 9.94. The van der Waals surface area contributed by atoms with Gasteiger partial charge in [-0.1, -0.05) is 6.07 Å². The monoisotopic (exact) mass is 405 g/mol. The number of nitro groups is 1. The van der Waals surface area contributed by atoms with Crippen molar-refractivity contribution in [3.8, 4) is 11.5 Å². The van der Waals surface area contributed by atoms with Crippen molar-refractivity contribution in [1.82, 2.24) is 10.2 Å². The van der Waals surface area contributed by atoms with Crippen molar-refractivity contribution >= 4 is 34.8 Å². The van der Waals surface area contributed by atoms with Crippen LogP contribution < -0.4 is 0 Å². The zero-order valence-corrected chi connectivity index (χ0v) is 15.9. The van der Waals surface area contributed by atoms with E-state index in [0.717, 1.165) is 5.75 Å². The summed E-state index contributed by atoms with van der Waals surface area (Å²) in [7, 11) is 0. The standard InChI is InChI=1S/C17H15N3O5S2/c1-11(24-15(21)10-26-9-14-3-2-8-27-14)16-18-19-17(25-16)12-4-6-13(7-5-12)20(22)23/h2-8,11H,9-10H2,1H3/t11-/m1/s1. The number of aromatic nitrogens is 2. The topological polar surface area (TPSA) is 108 Å². The molecule has 3 aromatic rings. The van der Waals surface area contributed by atoms with E-state index in [1.165, 1.54) is 40.9 Å². The molecule has 0 saturated heterocycles. The summed E-state index contributed by atoms with van der Waals surface area (Å²) >= 11 is 3.12. The van der Waals surface area contributed by atoms with Crippen LogP contribution >= 0.6 is 23.1 Å². The number of nitrogens with zero attached hydrogens (tertiary/aromatic N) is 3. The van der Waals surface area contributed by atoms with Crippen molar-refractivity contribution in [3.05, 3.63) is 62.7 Å². The van der Waals surface area contributed by atoms with Gasteiger partial charge in [-0.2, -0.15) is 0 Å². The molecule has 0 spiro atoms. The highest BCUT2D eigenvalue weighted by Crippen LogP contribution is 2.25. The van der Waals surface area contributed by atoms with Crippen molar-refractivity contribution < 1.29 is 18.9 Å². The van der Waals surface area contributed by atoms with Gasteiger partial charge in [0, 0.05) is 28.3 Å². The van der Waals surface area contributed by atoms with Crippen LogP contribution in [0, 0.1) is 10.1 Å². The summed E-state index contributed by atoms with van der Waals surface area (Å²) < 4.78 is 10.8. The predicted octanol–water partition coefficient (Wildman–Crippen LogP) is 4.24. The number of esters is 1. The fourth-order valence-electron chi connectivity index (χ4n) is 2.15.